The molecule has 5 heteroatoms. The third-order valence-corrected chi connectivity index (χ3v) is 3.23. The number of amides is 1. The summed E-state index contributed by atoms with van der Waals surface area (Å²) in [5.74, 6) is 0.480. The van der Waals surface area contributed by atoms with Crippen LogP contribution in [0.15, 0.2) is 47.1 Å². The Labute approximate surface area is 130 Å². The Bertz CT molecular complexity index is 566. The molecule has 0 spiro atoms. The predicted octanol–water partition coefficient (Wildman–Crippen LogP) is 2.47. The monoisotopic (exact) mass is 302 g/mol. The van der Waals surface area contributed by atoms with Crippen LogP contribution in [0.3, 0.4) is 0 Å². The van der Waals surface area contributed by atoms with Crippen LogP contribution in [0.4, 0.5) is 0 Å². The highest BCUT2D eigenvalue weighted by molar-refractivity contribution is 5.93. The average molecular weight is 302 g/mol. The van der Waals surface area contributed by atoms with Crippen LogP contribution in [0.1, 0.15) is 34.5 Å². The van der Waals surface area contributed by atoms with Crippen LogP contribution in [0, 0.1) is 0 Å². The molecule has 0 radical (unpaired) electrons. The summed E-state index contributed by atoms with van der Waals surface area (Å²) in [6, 6.07) is 11.7. The smallest absolute Gasteiger partial charge is 0.254 e. The van der Waals surface area contributed by atoms with Crippen molar-refractivity contribution < 1.29 is 13.9 Å². The maximum atomic E-state index is 11.8. The molecule has 0 aliphatic rings. The maximum absolute atomic E-state index is 11.8. The second-order valence-electron chi connectivity index (χ2n) is 5.01. The molecule has 1 amide bonds. The Balaban J connectivity index is 1.53. The van der Waals surface area contributed by atoms with Crippen molar-refractivity contribution in [3.05, 3.63) is 59.5 Å². The Morgan fingerprint density at radius 2 is 2.05 bits per heavy atom. The third kappa shape index (κ3) is 5.35. The Hall–Kier alpha value is -2.11. The summed E-state index contributed by atoms with van der Waals surface area (Å²) in [6.07, 6.45) is 3.22. The van der Waals surface area contributed by atoms with E-state index in [9.17, 15) is 4.79 Å². The molecule has 1 aromatic heterocycles. The van der Waals surface area contributed by atoms with E-state index in [0.717, 1.165) is 12.8 Å². The van der Waals surface area contributed by atoms with E-state index >= 15 is 0 Å². The molecule has 0 aliphatic heterocycles. The fourth-order valence-electron chi connectivity index (χ4n) is 2.00. The van der Waals surface area contributed by atoms with Crippen LogP contribution in [0.2, 0.25) is 0 Å². The van der Waals surface area contributed by atoms with Gasteiger partial charge in [0.2, 0.25) is 0 Å². The minimum atomic E-state index is -0.131. The van der Waals surface area contributed by atoms with E-state index in [1.54, 1.807) is 6.07 Å². The van der Waals surface area contributed by atoms with Crippen molar-refractivity contribution in [3.63, 3.8) is 0 Å². The zero-order chi connectivity index (χ0) is 15.6. The van der Waals surface area contributed by atoms with E-state index in [4.69, 9.17) is 14.9 Å². The number of benzene rings is 1. The van der Waals surface area contributed by atoms with Crippen molar-refractivity contribution in [2.24, 2.45) is 5.73 Å². The number of ether oxygens (including phenoxy) is 1. The van der Waals surface area contributed by atoms with Gasteiger partial charge < -0.3 is 20.2 Å². The molecule has 0 aliphatic carbocycles. The molecule has 0 bridgehead atoms. The van der Waals surface area contributed by atoms with E-state index in [1.165, 1.54) is 11.8 Å². The molecule has 0 unspecified atom stereocenters. The second kappa shape index (κ2) is 9.02. The van der Waals surface area contributed by atoms with Gasteiger partial charge in [-0.15, -0.1) is 0 Å². The van der Waals surface area contributed by atoms with Gasteiger partial charge in [-0.2, -0.15) is 0 Å². The predicted molar refractivity (Wildman–Crippen MR) is 84.3 cm³/mol. The Kier molecular flexibility index (Phi) is 6.67. The number of carbonyl (C=O) groups excluding carboxylic acids is 1. The molecule has 118 valence electrons. The molecule has 5 nitrogen and oxygen atoms in total. The topological polar surface area (TPSA) is 77.5 Å². The molecular formula is C17H22N2O3. The van der Waals surface area contributed by atoms with E-state index in [2.05, 4.69) is 5.32 Å². The quantitative estimate of drug-likeness (QED) is 0.698. The number of nitrogens with two attached hydrogens (primary N) is 1. The lowest BCUT2D eigenvalue weighted by molar-refractivity contribution is 0.0945. The first kappa shape index (κ1) is 16.3. The lowest BCUT2D eigenvalue weighted by atomic mass is 10.2. The molecule has 1 heterocycles. The standard InChI is InChI=1S/C17H22N2O3/c18-11-16-10-15(13-22-16)17(20)19-8-4-5-9-21-12-14-6-2-1-3-7-14/h1-3,6-7,10,13H,4-5,8-9,11-12,18H2,(H,19,20). The lowest BCUT2D eigenvalue weighted by Crippen LogP contribution is -2.24. The van der Waals surface area contributed by atoms with Gasteiger partial charge in [-0.1, -0.05) is 30.3 Å². The van der Waals surface area contributed by atoms with Gasteiger partial charge in [0, 0.05) is 13.2 Å². The van der Waals surface area contributed by atoms with Crippen LogP contribution < -0.4 is 11.1 Å². The molecule has 1 aromatic carbocycles. The zero-order valence-corrected chi connectivity index (χ0v) is 12.6. The fourth-order valence-corrected chi connectivity index (χ4v) is 2.00. The van der Waals surface area contributed by atoms with Crippen LogP contribution in [0.5, 0.6) is 0 Å². The van der Waals surface area contributed by atoms with Gasteiger partial charge in [0.1, 0.15) is 12.0 Å². The summed E-state index contributed by atoms with van der Waals surface area (Å²) in [7, 11) is 0. The average Bonchev–Trinajstić information content (AvgIpc) is 3.04. The first-order valence-corrected chi connectivity index (χ1v) is 7.47. The number of hydrogen-bond donors (Lipinski definition) is 2. The van der Waals surface area contributed by atoms with Gasteiger partial charge in [0.15, 0.2) is 0 Å². The molecule has 3 N–H and O–H groups in total. The van der Waals surface area contributed by atoms with E-state index in [-0.39, 0.29) is 5.91 Å². The highest BCUT2D eigenvalue weighted by atomic mass is 16.5. The second-order valence-corrected chi connectivity index (χ2v) is 5.01. The summed E-state index contributed by atoms with van der Waals surface area (Å²) in [5, 5.41) is 2.85. The van der Waals surface area contributed by atoms with Gasteiger partial charge >= 0.3 is 0 Å². The number of carbonyl (C=O) groups is 1. The number of nitrogens with one attached hydrogen (secondary N) is 1. The summed E-state index contributed by atoms with van der Waals surface area (Å²) >= 11 is 0. The lowest BCUT2D eigenvalue weighted by Gasteiger charge is -2.05. The normalized spacial score (nSPS) is 10.6. The van der Waals surface area contributed by atoms with Gasteiger partial charge in [0.25, 0.3) is 5.91 Å². The van der Waals surface area contributed by atoms with Crippen molar-refractivity contribution in [1.82, 2.24) is 5.32 Å². The minimum Gasteiger partial charge on any atom is -0.467 e. The Morgan fingerprint density at radius 1 is 1.23 bits per heavy atom. The summed E-state index contributed by atoms with van der Waals surface area (Å²) < 4.78 is 10.7. The zero-order valence-electron chi connectivity index (χ0n) is 12.6. The summed E-state index contributed by atoms with van der Waals surface area (Å²) in [4.78, 5) is 11.8. The van der Waals surface area contributed by atoms with Gasteiger partial charge in [-0.05, 0) is 24.5 Å². The molecular weight excluding hydrogens is 280 g/mol. The number of furan rings is 1. The van der Waals surface area contributed by atoms with Crippen molar-refractivity contribution in [1.29, 1.82) is 0 Å². The molecule has 0 saturated heterocycles. The maximum Gasteiger partial charge on any atom is 0.254 e. The van der Waals surface area contributed by atoms with Crippen molar-refractivity contribution >= 4 is 5.91 Å². The Morgan fingerprint density at radius 3 is 2.77 bits per heavy atom. The number of unbranched alkanes of at least 4 members (excludes halogenated alkanes) is 1. The molecule has 0 atom stereocenters. The fraction of sp³-hybridized carbons (Fsp3) is 0.353. The largest absolute Gasteiger partial charge is 0.467 e. The van der Waals surface area contributed by atoms with E-state index in [1.807, 2.05) is 30.3 Å². The third-order valence-electron chi connectivity index (χ3n) is 3.23. The molecule has 0 saturated carbocycles. The van der Waals surface area contributed by atoms with Crippen molar-refractivity contribution in [3.8, 4) is 0 Å². The van der Waals surface area contributed by atoms with E-state index in [0.29, 0.717) is 37.6 Å². The number of rotatable bonds is 9. The first-order chi connectivity index (χ1) is 10.8. The van der Waals surface area contributed by atoms with E-state index < -0.39 is 0 Å². The molecule has 0 fully saturated rings. The van der Waals surface area contributed by atoms with Crippen molar-refractivity contribution in [2.75, 3.05) is 13.2 Å². The minimum absolute atomic E-state index is 0.131. The SMILES string of the molecule is NCc1cc(C(=O)NCCCCOCc2ccccc2)co1. The number of hydrogen-bond acceptors (Lipinski definition) is 4. The summed E-state index contributed by atoms with van der Waals surface area (Å²) in [5.41, 5.74) is 7.12. The molecule has 22 heavy (non-hydrogen) atoms. The van der Waals surface area contributed by atoms with Gasteiger partial charge in [0.05, 0.1) is 18.7 Å². The molecule has 2 rings (SSSR count). The highest BCUT2D eigenvalue weighted by Gasteiger charge is 2.08. The van der Waals surface area contributed by atoms with Crippen LogP contribution in [-0.2, 0) is 17.9 Å². The first-order valence-electron chi connectivity index (χ1n) is 7.47. The summed E-state index contributed by atoms with van der Waals surface area (Å²) in [6.45, 7) is 2.24. The van der Waals surface area contributed by atoms with Crippen LogP contribution >= 0.6 is 0 Å². The van der Waals surface area contributed by atoms with Gasteiger partial charge in [-0.3, -0.25) is 4.79 Å². The van der Waals surface area contributed by atoms with Gasteiger partial charge in [-0.25, -0.2) is 0 Å². The highest BCUT2D eigenvalue weighted by Crippen LogP contribution is 2.06. The molecule has 2 aromatic rings. The van der Waals surface area contributed by atoms with Crippen molar-refractivity contribution in [2.45, 2.75) is 26.0 Å². The van der Waals surface area contributed by atoms with Crippen LogP contribution in [0.25, 0.3) is 0 Å². The van der Waals surface area contributed by atoms with Crippen LogP contribution in [-0.4, -0.2) is 19.1 Å².